The highest BCUT2D eigenvalue weighted by molar-refractivity contribution is 5.85. The van der Waals surface area contributed by atoms with Gasteiger partial charge >= 0.3 is 5.97 Å². The first-order chi connectivity index (χ1) is 10.4. The lowest BCUT2D eigenvalue weighted by Crippen LogP contribution is -2.46. The molecule has 2 N–H and O–H groups in total. The summed E-state index contributed by atoms with van der Waals surface area (Å²) in [5.74, 6) is -0.808. The summed E-state index contributed by atoms with van der Waals surface area (Å²) < 4.78 is 0. The highest BCUT2D eigenvalue weighted by Crippen LogP contribution is 2.36. The van der Waals surface area contributed by atoms with Crippen molar-refractivity contribution in [1.82, 2.24) is 5.32 Å². The predicted molar refractivity (Wildman–Crippen MR) is 94.2 cm³/mol. The third kappa shape index (κ3) is 2.87. The Bertz CT molecular complexity index is 734. The van der Waals surface area contributed by atoms with Crippen LogP contribution in [0, 0.1) is 20.8 Å². The Labute approximate surface area is 143 Å². The number of aryl methyl sites for hydroxylation is 3. The van der Waals surface area contributed by atoms with Gasteiger partial charge in [-0.1, -0.05) is 42.0 Å². The number of rotatable bonds is 3. The zero-order valence-electron chi connectivity index (χ0n) is 13.6. The van der Waals surface area contributed by atoms with Gasteiger partial charge in [0.2, 0.25) is 0 Å². The molecule has 122 valence electrons. The van der Waals surface area contributed by atoms with Crippen molar-refractivity contribution < 1.29 is 9.90 Å². The highest BCUT2D eigenvalue weighted by Gasteiger charge is 2.45. The van der Waals surface area contributed by atoms with Crippen LogP contribution in [0.3, 0.4) is 0 Å². The number of nitrogens with one attached hydrogen (secondary N) is 1. The van der Waals surface area contributed by atoms with E-state index in [1.165, 1.54) is 5.56 Å². The topological polar surface area (TPSA) is 49.3 Å². The van der Waals surface area contributed by atoms with E-state index in [0.717, 1.165) is 27.8 Å². The number of carbonyl (C=O) groups is 1. The average molecular weight is 332 g/mol. The van der Waals surface area contributed by atoms with E-state index in [-0.39, 0.29) is 12.4 Å². The van der Waals surface area contributed by atoms with Gasteiger partial charge in [-0.3, -0.25) is 5.32 Å². The second-order valence-corrected chi connectivity index (χ2v) is 6.28. The first-order valence-corrected chi connectivity index (χ1v) is 7.57. The van der Waals surface area contributed by atoms with Gasteiger partial charge in [-0.05, 0) is 48.6 Å². The summed E-state index contributed by atoms with van der Waals surface area (Å²) >= 11 is 0. The molecule has 0 fully saturated rings. The van der Waals surface area contributed by atoms with Crippen LogP contribution >= 0.6 is 12.4 Å². The second kappa shape index (κ2) is 6.34. The number of carboxylic acid groups (broad SMARTS) is 1. The van der Waals surface area contributed by atoms with Gasteiger partial charge < -0.3 is 5.11 Å². The quantitative estimate of drug-likeness (QED) is 0.902. The van der Waals surface area contributed by atoms with Crippen molar-refractivity contribution in [3.05, 3.63) is 69.8 Å². The first-order valence-electron chi connectivity index (χ1n) is 7.57. The fraction of sp³-hybridized carbons (Fsp3) is 0.316. The van der Waals surface area contributed by atoms with E-state index >= 15 is 0 Å². The van der Waals surface area contributed by atoms with Crippen molar-refractivity contribution in [2.24, 2.45) is 0 Å². The minimum absolute atomic E-state index is 0. The minimum atomic E-state index is -1.03. The van der Waals surface area contributed by atoms with Gasteiger partial charge in [0.1, 0.15) is 5.54 Å². The van der Waals surface area contributed by atoms with Crippen molar-refractivity contribution in [3.63, 3.8) is 0 Å². The Morgan fingerprint density at radius 3 is 2.39 bits per heavy atom. The van der Waals surface area contributed by atoms with Gasteiger partial charge in [0.25, 0.3) is 0 Å². The minimum Gasteiger partial charge on any atom is -0.480 e. The Morgan fingerprint density at radius 1 is 1.17 bits per heavy atom. The summed E-state index contributed by atoms with van der Waals surface area (Å²) in [6.45, 7) is 6.80. The molecule has 3 nitrogen and oxygen atoms in total. The van der Waals surface area contributed by atoms with Crippen LogP contribution in [-0.2, 0) is 23.3 Å². The van der Waals surface area contributed by atoms with E-state index in [1.807, 2.05) is 24.3 Å². The molecule has 4 heteroatoms. The highest BCUT2D eigenvalue weighted by atomic mass is 35.5. The summed E-state index contributed by atoms with van der Waals surface area (Å²) in [6.07, 6.45) is 0.470. The fourth-order valence-electron chi connectivity index (χ4n) is 3.61. The van der Waals surface area contributed by atoms with Crippen molar-refractivity contribution in [2.45, 2.75) is 39.3 Å². The average Bonchev–Trinajstić information content (AvgIpc) is 2.83. The van der Waals surface area contributed by atoms with Crippen LogP contribution < -0.4 is 5.32 Å². The van der Waals surface area contributed by atoms with Crippen LogP contribution in [0.15, 0.2) is 36.4 Å². The monoisotopic (exact) mass is 331 g/mol. The number of aliphatic carboxylic acids is 1. The van der Waals surface area contributed by atoms with E-state index in [2.05, 4.69) is 38.2 Å². The molecule has 1 aliphatic heterocycles. The molecule has 2 aromatic rings. The summed E-state index contributed by atoms with van der Waals surface area (Å²) in [4.78, 5) is 12.1. The Hall–Kier alpha value is -1.84. The van der Waals surface area contributed by atoms with E-state index in [9.17, 15) is 9.90 Å². The zero-order chi connectivity index (χ0) is 15.9. The summed E-state index contributed by atoms with van der Waals surface area (Å²) in [6, 6.07) is 12.1. The number of hydrogen-bond acceptors (Lipinski definition) is 2. The Balaban J connectivity index is 0.00000192. The first kappa shape index (κ1) is 17.5. The van der Waals surface area contributed by atoms with E-state index in [0.29, 0.717) is 13.0 Å². The zero-order valence-corrected chi connectivity index (χ0v) is 14.5. The number of hydrogen-bond donors (Lipinski definition) is 2. The molecule has 2 aromatic carbocycles. The molecular formula is C19H22ClNO2. The fourth-order valence-corrected chi connectivity index (χ4v) is 3.61. The maximum atomic E-state index is 12.1. The van der Waals surface area contributed by atoms with Gasteiger partial charge in [0, 0.05) is 13.0 Å². The van der Waals surface area contributed by atoms with Crippen molar-refractivity contribution in [3.8, 4) is 0 Å². The maximum Gasteiger partial charge on any atom is 0.328 e. The lowest BCUT2D eigenvalue weighted by molar-refractivity contribution is -0.145. The molecule has 0 amide bonds. The lowest BCUT2D eigenvalue weighted by Gasteiger charge is -2.28. The van der Waals surface area contributed by atoms with Gasteiger partial charge in [-0.25, -0.2) is 4.79 Å². The van der Waals surface area contributed by atoms with Crippen LogP contribution in [0.4, 0.5) is 0 Å². The van der Waals surface area contributed by atoms with Crippen LogP contribution in [-0.4, -0.2) is 11.1 Å². The van der Waals surface area contributed by atoms with Crippen molar-refractivity contribution in [1.29, 1.82) is 0 Å². The molecule has 0 radical (unpaired) electrons. The molecule has 23 heavy (non-hydrogen) atoms. The Kier molecular flexibility index (Phi) is 4.83. The van der Waals surface area contributed by atoms with Gasteiger partial charge in [0.15, 0.2) is 0 Å². The maximum absolute atomic E-state index is 12.1. The smallest absolute Gasteiger partial charge is 0.328 e. The van der Waals surface area contributed by atoms with Crippen LogP contribution in [0.2, 0.25) is 0 Å². The van der Waals surface area contributed by atoms with Crippen LogP contribution in [0.1, 0.15) is 33.4 Å². The van der Waals surface area contributed by atoms with Crippen LogP contribution in [0.25, 0.3) is 0 Å². The number of halogens is 1. The molecule has 3 rings (SSSR count). The summed E-state index contributed by atoms with van der Waals surface area (Å²) in [5, 5.41) is 13.2. The van der Waals surface area contributed by atoms with E-state index < -0.39 is 11.5 Å². The second-order valence-electron chi connectivity index (χ2n) is 6.28. The molecule has 0 saturated carbocycles. The molecule has 0 bridgehead atoms. The molecule has 1 aliphatic rings. The summed E-state index contributed by atoms with van der Waals surface area (Å²) in [5.41, 5.74) is 5.59. The van der Waals surface area contributed by atoms with E-state index in [1.54, 1.807) is 0 Å². The number of benzene rings is 2. The standard InChI is InChI=1S/C19H21NO2.ClH/c1-12-8-13(2)16(14(3)9-12)10-19(18(21)22)17-7-5-4-6-15(17)11-20-19;/h4-9,20H,10-11H2,1-3H3,(H,21,22);1H. The van der Waals surface area contributed by atoms with Gasteiger partial charge in [-0.15, -0.1) is 12.4 Å². The van der Waals surface area contributed by atoms with Gasteiger partial charge in [0.05, 0.1) is 0 Å². The summed E-state index contributed by atoms with van der Waals surface area (Å²) in [7, 11) is 0. The normalized spacial score (nSPS) is 19.1. The third-order valence-corrected chi connectivity index (χ3v) is 4.71. The van der Waals surface area contributed by atoms with Crippen LogP contribution in [0.5, 0.6) is 0 Å². The Morgan fingerprint density at radius 2 is 1.78 bits per heavy atom. The van der Waals surface area contributed by atoms with E-state index in [4.69, 9.17) is 0 Å². The molecule has 0 aromatic heterocycles. The van der Waals surface area contributed by atoms with Crippen molar-refractivity contribution in [2.75, 3.05) is 0 Å². The SMILES string of the molecule is Cc1cc(C)c(CC2(C(=O)O)NCc3ccccc32)c(C)c1.Cl. The number of fused-ring (bicyclic) bond motifs is 1. The molecule has 0 aliphatic carbocycles. The molecule has 1 unspecified atom stereocenters. The predicted octanol–water partition coefficient (Wildman–Crippen LogP) is 3.66. The molecule has 1 atom stereocenters. The lowest BCUT2D eigenvalue weighted by atomic mass is 9.81. The molecule has 0 saturated heterocycles. The number of carboxylic acids is 1. The molecular weight excluding hydrogens is 310 g/mol. The van der Waals surface area contributed by atoms with Gasteiger partial charge in [-0.2, -0.15) is 0 Å². The molecule has 1 heterocycles. The third-order valence-electron chi connectivity index (χ3n) is 4.71. The largest absolute Gasteiger partial charge is 0.480 e. The van der Waals surface area contributed by atoms with Crippen molar-refractivity contribution >= 4 is 18.4 Å². The molecule has 0 spiro atoms.